The molecule has 266 valence electrons. The average molecular weight is 684 g/mol. The number of hydrogen-bond donors (Lipinski definition) is 1. The summed E-state index contributed by atoms with van der Waals surface area (Å²) in [6.45, 7) is 7.80. The van der Waals surface area contributed by atoms with Crippen LogP contribution in [0.1, 0.15) is 37.3 Å². The highest BCUT2D eigenvalue weighted by molar-refractivity contribution is 6.00. The smallest absolute Gasteiger partial charge is 0.336 e. The van der Waals surface area contributed by atoms with Crippen molar-refractivity contribution in [3.8, 4) is 11.5 Å². The van der Waals surface area contributed by atoms with Crippen LogP contribution >= 0.6 is 0 Å². The fourth-order valence-corrected chi connectivity index (χ4v) is 6.96. The van der Waals surface area contributed by atoms with E-state index in [2.05, 4.69) is 34.1 Å². The molecular formula is C40H49N3O7. The van der Waals surface area contributed by atoms with Crippen molar-refractivity contribution in [3.63, 3.8) is 0 Å². The number of rotatable bonds is 14. The monoisotopic (exact) mass is 683 g/mol. The maximum absolute atomic E-state index is 14.2. The SMILES string of the molecule is COC(=O)C1=C(C)N(CCCc2ccccc2)C(C)=C(C(=O)OCC(O)CN2CCN(c3ccccc3)CC2)C1c1ccc(OC)c(OC)c1. The molecule has 3 aromatic carbocycles. The Bertz CT molecular complexity index is 1670. The van der Waals surface area contributed by atoms with Gasteiger partial charge in [-0.3, -0.25) is 4.90 Å². The molecule has 10 heteroatoms. The lowest BCUT2D eigenvalue weighted by Gasteiger charge is -2.38. The predicted octanol–water partition coefficient (Wildman–Crippen LogP) is 5.18. The second-order valence-electron chi connectivity index (χ2n) is 12.7. The Morgan fingerprint density at radius 3 is 2.04 bits per heavy atom. The molecule has 2 heterocycles. The summed E-state index contributed by atoms with van der Waals surface area (Å²) in [6, 6.07) is 25.8. The molecule has 2 unspecified atom stereocenters. The Labute approximate surface area is 295 Å². The molecule has 2 aliphatic rings. The number of methoxy groups -OCH3 is 3. The summed E-state index contributed by atoms with van der Waals surface area (Å²) in [5.41, 5.74) is 5.08. The molecule has 2 aliphatic heterocycles. The first kappa shape index (κ1) is 36.5. The van der Waals surface area contributed by atoms with Crippen LogP contribution in [0, 0.1) is 0 Å². The first-order valence-electron chi connectivity index (χ1n) is 17.2. The van der Waals surface area contributed by atoms with Crippen LogP contribution in [0.25, 0.3) is 0 Å². The van der Waals surface area contributed by atoms with Gasteiger partial charge < -0.3 is 33.9 Å². The molecule has 50 heavy (non-hydrogen) atoms. The highest BCUT2D eigenvalue weighted by Gasteiger charge is 2.41. The number of ether oxygens (including phenoxy) is 4. The zero-order chi connectivity index (χ0) is 35.6. The van der Waals surface area contributed by atoms with Gasteiger partial charge in [-0.05, 0) is 62.1 Å². The van der Waals surface area contributed by atoms with Crippen LogP contribution in [0.15, 0.2) is 101 Å². The fraction of sp³-hybridized carbons (Fsp3) is 0.400. The second kappa shape index (κ2) is 17.2. The number of esters is 2. The van der Waals surface area contributed by atoms with Gasteiger partial charge in [0.05, 0.1) is 38.4 Å². The summed E-state index contributed by atoms with van der Waals surface area (Å²) in [5, 5.41) is 11.0. The Morgan fingerprint density at radius 2 is 1.42 bits per heavy atom. The van der Waals surface area contributed by atoms with Gasteiger partial charge in [0.15, 0.2) is 11.5 Å². The van der Waals surface area contributed by atoms with Crippen LogP contribution in [0.4, 0.5) is 5.69 Å². The minimum atomic E-state index is -0.884. The van der Waals surface area contributed by atoms with E-state index in [9.17, 15) is 14.7 Å². The molecule has 0 aliphatic carbocycles. The van der Waals surface area contributed by atoms with Crippen molar-refractivity contribution >= 4 is 17.6 Å². The number of para-hydroxylation sites is 1. The summed E-state index contributed by atoms with van der Waals surface area (Å²) in [7, 11) is 4.43. The van der Waals surface area contributed by atoms with Crippen molar-refractivity contribution in [1.82, 2.24) is 9.80 Å². The number of piperazine rings is 1. The lowest BCUT2D eigenvalue weighted by molar-refractivity contribution is -0.143. The second-order valence-corrected chi connectivity index (χ2v) is 12.7. The summed E-state index contributed by atoms with van der Waals surface area (Å²) in [4.78, 5) is 34.3. The van der Waals surface area contributed by atoms with E-state index in [1.165, 1.54) is 18.4 Å². The lowest BCUT2D eigenvalue weighted by Crippen LogP contribution is -2.49. The molecule has 0 saturated carbocycles. The molecule has 0 aromatic heterocycles. The minimum absolute atomic E-state index is 0.183. The third kappa shape index (κ3) is 8.49. The quantitative estimate of drug-likeness (QED) is 0.229. The lowest BCUT2D eigenvalue weighted by atomic mass is 9.79. The Morgan fingerprint density at radius 1 is 0.800 bits per heavy atom. The molecule has 1 N–H and O–H groups in total. The molecule has 5 rings (SSSR count). The van der Waals surface area contributed by atoms with Crippen LogP contribution in [0.3, 0.4) is 0 Å². The Hall–Kier alpha value is -4.80. The standard InChI is InChI=1S/C40H49N3O7/c1-28-36(39(45)49-5)38(31-18-19-34(47-3)35(25-31)48-4)37(29(2)43(28)20-12-15-30-13-8-6-9-14-30)40(46)50-27-33(44)26-41-21-23-42(24-22-41)32-16-10-7-11-17-32/h6-11,13-14,16-19,25,33,38,44H,12,15,20-24,26-27H2,1-5H3. The van der Waals surface area contributed by atoms with E-state index < -0.39 is 24.0 Å². The van der Waals surface area contributed by atoms with Gasteiger partial charge in [-0.1, -0.05) is 54.6 Å². The van der Waals surface area contributed by atoms with E-state index in [-0.39, 0.29) is 6.61 Å². The van der Waals surface area contributed by atoms with Crippen LogP contribution in [-0.4, -0.2) is 100 Å². The molecule has 10 nitrogen and oxygen atoms in total. The normalized spacial score (nSPS) is 17.4. The number of β-amino-alcohol motifs (C(OH)–C–C–N with tert-alkyl or cyclic N) is 1. The van der Waals surface area contributed by atoms with E-state index >= 15 is 0 Å². The third-order valence-electron chi connectivity index (χ3n) is 9.59. The molecule has 0 amide bonds. The number of anilines is 1. The van der Waals surface area contributed by atoms with Crippen molar-refractivity contribution in [3.05, 3.63) is 113 Å². The fourth-order valence-electron chi connectivity index (χ4n) is 6.96. The number of nitrogens with zero attached hydrogens (tertiary/aromatic N) is 3. The maximum Gasteiger partial charge on any atom is 0.336 e. The molecule has 1 fully saturated rings. The van der Waals surface area contributed by atoms with Gasteiger partial charge >= 0.3 is 11.9 Å². The first-order valence-corrected chi connectivity index (χ1v) is 17.2. The molecule has 0 bridgehead atoms. The number of aryl methyl sites for hydroxylation is 1. The summed E-state index contributed by atoms with van der Waals surface area (Å²) < 4.78 is 22.3. The molecular weight excluding hydrogens is 634 g/mol. The predicted molar refractivity (Wildman–Crippen MR) is 193 cm³/mol. The number of hydrogen-bond acceptors (Lipinski definition) is 10. The van der Waals surface area contributed by atoms with Crippen LogP contribution in [0.2, 0.25) is 0 Å². The number of carbonyl (C=O) groups is 2. The van der Waals surface area contributed by atoms with Gasteiger partial charge in [-0.2, -0.15) is 0 Å². The van der Waals surface area contributed by atoms with Gasteiger partial charge in [0.2, 0.25) is 0 Å². The van der Waals surface area contributed by atoms with Crippen molar-refractivity contribution in [1.29, 1.82) is 0 Å². The van der Waals surface area contributed by atoms with E-state index in [4.69, 9.17) is 18.9 Å². The highest BCUT2D eigenvalue weighted by atomic mass is 16.5. The molecule has 2 atom stereocenters. The van der Waals surface area contributed by atoms with E-state index in [0.717, 1.165) is 39.0 Å². The van der Waals surface area contributed by atoms with E-state index in [1.807, 2.05) is 61.2 Å². The van der Waals surface area contributed by atoms with E-state index in [0.29, 0.717) is 52.7 Å². The number of allylic oxidation sites excluding steroid dienone is 2. The van der Waals surface area contributed by atoms with Gasteiger partial charge in [-0.25, -0.2) is 9.59 Å². The van der Waals surface area contributed by atoms with Gasteiger partial charge in [0.1, 0.15) is 12.7 Å². The maximum atomic E-state index is 14.2. The topological polar surface area (TPSA) is 101 Å². The zero-order valence-corrected chi connectivity index (χ0v) is 29.8. The molecule has 0 spiro atoms. The summed E-state index contributed by atoms with van der Waals surface area (Å²) in [5.74, 6) is -0.957. The van der Waals surface area contributed by atoms with E-state index in [1.54, 1.807) is 26.4 Å². The first-order chi connectivity index (χ1) is 24.2. The van der Waals surface area contributed by atoms with Crippen molar-refractivity contribution in [2.75, 3.05) is 72.1 Å². The van der Waals surface area contributed by atoms with Gasteiger partial charge in [0, 0.05) is 56.4 Å². The van der Waals surface area contributed by atoms with Crippen LogP contribution in [0.5, 0.6) is 11.5 Å². The third-order valence-corrected chi connectivity index (χ3v) is 9.59. The number of aliphatic hydroxyl groups is 1. The zero-order valence-electron chi connectivity index (χ0n) is 29.8. The minimum Gasteiger partial charge on any atom is -0.493 e. The summed E-state index contributed by atoms with van der Waals surface area (Å²) in [6.07, 6.45) is 0.730. The van der Waals surface area contributed by atoms with Gasteiger partial charge in [-0.15, -0.1) is 0 Å². The highest BCUT2D eigenvalue weighted by Crippen LogP contribution is 2.45. The van der Waals surface area contributed by atoms with Crippen LogP contribution in [-0.2, 0) is 25.5 Å². The average Bonchev–Trinajstić information content (AvgIpc) is 3.15. The molecule has 1 saturated heterocycles. The van der Waals surface area contributed by atoms with Crippen molar-refractivity contribution in [2.24, 2.45) is 0 Å². The Kier molecular flexibility index (Phi) is 12.6. The number of carbonyl (C=O) groups excluding carboxylic acids is 2. The van der Waals surface area contributed by atoms with Crippen molar-refractivity contribution < 1.29 is 33.6 Å². The molecule has 3 aromatic rings. The largest absolute Gasteiger partial charge is 0.493 e. The number of aliphatic hydroxyl groups excluding tert-OH is 1. The summed E-state index contributed by atoms with van der Waals surface area (Å²) >= 11 is 0. The van der Waals surface area contributed by atoms with Crippen LogP contribution < -0.4 is 14.4 Å². The molecule has 0 radical (unpaired) electrons. The Balaban J connectivity index is 1.37. The van der Waals surface area contributed by atoms with Gasteiger partial charge in [0.25, 0.3) is 0 Å². The number of benzene rings is 3. The van der Waals surface area contributed by atoms with Crippen molar-refractivity contribution in [2.45, 2.75) is 38.7 Å².